The van der Waals surface area contributed by atoms with Crippen LogP contribution in [0.2, 0.25) is 0 Å². The fourth-order valence-electron chi connectivity index (χ4n) is 3.24. The first-order valence-corrected chi connectivity index (χ1v) is 8.95. The van der Waals surface area contributed by atoms with Crippen molar-refractivity contribution >= 4 is 0 Å². The average Bonchev–Trinajstić information content (AvgIpc) is 2.64. The van der Waals surface area contributed by atoms with Gasteiger partial charge < -0.3 is 9.47 Å². The van der Waals surface area contributed by atoms with Crippen LogP contribution in [0, 0.1) is 5.92 Å². The molecule has 0 amide bonds. The van der Waals surface area contributed by atoms with Crippen LogP contribution in [0.25, 0.3) is 0 Å². The number of ether oxygens (including phenoxy) is 2. The van der Waals surface area contributed by atoms with Gasteiger partial charge in [0, 0.05) is 13.1 Å². The van der Waals surface area contributed by atoms with Crippen LogP contribution in [0.4, 0.5) is 0 Å². The van der Waals surface area contributed by atoms with Crippen LogP contribution in [-0.2, 0) is 0 Å². The van der Waals surface area contributed by atoms with E-state index in [0.29, 0.717) is 0 Å². The van der Waals surface area contributed by atoms with E-state index in [1.807, 2.05) is 60.7 Å². The molecule has 3 nitrogen and oxygen atoms in total. The smallest absolute Gasteiger partial charge is 0.149 e. The fourth-order valence-corrected chi connectivity index (χ4v) is 3.24. The van der Waals surface area contributed by atoms with Gasteiger partial charge in [0.05, 0.1) is 6.61 Å². The topological polar surface area (TPSA) is 21.7 Å². The van der Waals surface area contributed by atoms with E-state index < -0.39 is 0 Å². The predicted molar refractivity (Wildman–Crippen MR) is 97.4 cm³/mol. The molecule has 0 spiro atoms. The Labute approximate surface area is 145 Å². The maximum Gasteiger partial charge on any atom is 0.149 e. The third kappa shape index (κ3) is 5.00. The Hall–Kier alpha value is -2.00. The van der Waals surface area contributed by atoms with E-state index in [0.717, 1.165) is 43.5 Å². The first kappa shape index (κ1) is 16.8. The van der Waals surface area contributed by atoms with Gasteiger partial charge in [-0.25, -0.2) is 0 Å². The van der Waals surface area contributed by atoms with E-state index in [4.69, 9.17) is 9.47 Å². The summed E-state index contributed by atoms with van der Waals surface area (Å²) in [6.07, 6.45) is 3.71. The molecule has 1 unspecified atom stereocenters. The summed E-state index contributed by atoms with van der Waals surface area (Å²) in [6, 6.07) is 20.2. The Balaban J connectivity index is 1.36. The molecule has 128 valence electrons. The van der Waals surface area contributed by atoms with Gasteiger partial charge in [0.25, 0.3) is 0 Å². The highest BCUT2D eigenvalue weighted by molar-refractivity contribution is 5.21. The van der Waals surface area contributed by atoms with Gasteiger partial charge in [-0.2, -0.15) is 0 Å². The van der Waals surface area contributed by atoms with E-state index in [1.165, 1.54) is 12.8 Å². The molecule has 1 fully saturated rings. The van der Waals surface area contributed by atoms with Crippen LogP contribution in [-0.4, -0.2) is 30.8 Å². The molecule has 0 N–H and O–H groups in total. The highest BCUT2D eigenvalue weighted by Gasteiger charge is 2.23. The van der Waals surface area contributed by atoms with E-state index >= 15 is 0 Å². The predicted octanol–water partition coefficient (Wildman–Crippen LogP) is 4.59. The van der Waals surface area contributed by atoms with Gasteiger partial charge in [-0.05, 0) is 56.4 Å². The number of para-hydroxylation sites is 2. The summed E-state index contributed by atoms with van der Waals surface area (Å²) in [5, 5.41) is 0. The van der Waals surface area contributed by atoms with E-state index in [1.54, 1.807) is 0 Å². The Kier molecular flexibility index (Phi) is 6.13. The summed E-state index contributed by atoms with van der Waals surface area (Å²) < 4.78 is 11.9. The van der Waals surface area contributed by atoms with Gasteiger partial charge in [0.1, 0.15) is 17.7 Å². The molecule has 1 atom stereocenters. The number of likely N-dealkylation sites (tertiary alicyclic amines) is 1. The second-order valence-electron chi connectivity index (χ2n) is 6.46. The molecule has 1 aliphatic heterocycles. The quantitative estimate of drug-likeness (QED) is 0.743. The minimum atomic E-state index is 0.133. The van der Waals surface area contributed by atoms with E-state index in [-0.39, 0.29) is 6.23 Å². The Morgan fingerprint density at radius 3 is 2.12 bits per heavy atom. The largest absolute Gasteiger partial charge is 0.494 e. The normalized spacial score (nSPS) is 17.4. The zero-order valence-corrected chi connectivity index (χ0v) is 14.4. The van der Waals surface area contributed by atoms with Crippen LogP contribution in [0.15, 0.2) is 60.7 Å². The molecule has 0 aromatic heterocycles. The number of hydrogen-bond donors (Lipinski definition) is 0. The third-order valence-corrected chi connectivity index (χ3v) is 4.75. The van der Waals surface area contributed by atoms with E-state index in [2.05, 4.69) is 11.8 Å². The molecule has 1 saturated heterocycles. The van der Waals surface area contributed by atoms with Crippen molar-refractivity contribution in [3.8, 4) is 11.5 Å². The summed E-state index contributed by atoms with van der Waals surface area (Å²) in [5.74, 6) is 2.68. The highest BCUT2D eigenvalue weighted by atomic mass is 16.5. The van der Waals surface area contributed by atoms with Crippen molar-refractivity contribution in [1.29, 1.82) is 0 Å². The monoisotopic (exact) mass is 325 g/mol. The summed E-state index contributed by atoms with van der Waals surface area (Å²) in [6.45, 7) is 5.16. The average molecular weight is 325 g/mol. The minimum absolute atomic E-state index is 0.133. The van der Waals surface area contributed by atoms with Crippen molar-refractivity contribution < 1.29 is 9.47 Å². The minimum Gasteiger partial charge on any atom is -0.494 e. The molecule has 0 bridgehead atoms. The molecule has 3 rings (SSSR count). The van der Waals surface area contributed by atoms with Crippen molar-refractivity contribution in [3.63, 3.8) is 0 Å². The lowest BCUT2D eigenvalue weighted by atomic mass is 9.94. The maximum absolute atomic E-state index is 6.03. The van der Waals surface area contributed by atoms with Gasteiger partial charge in [-0.15, -0.1) is 0 Å². The zero-order chi connectivity index (χ0) is 16.6. The standard InChI is InChI=1S/C21H27NO2/c1-18(24-21-10-6-3-7-11-21)22-15-12-19(13-16-22)14-17-23-20-8-4-2-5-9-20/h2-11,18-19H,12-17H2,1H3. The van der Waals surface area contributed by atoms with Crippen molar-refractivity contribution in [2.45, 2.75) is 32.4 Å². The number of benzene rings is 2. The first-order valence-electron chi connectivity index (χ1n) is 8.95. The van der Waals surface area contributed by atoms with E-state index in [9.17, 15) is 0 Å². The molecule has 0 radical (unpaired) electrons. The second-order valence-corrected chi connectivity index (χ2v) is 6.46. The molecule has 3 heteroatoms. The first-order chi connectivity index (χ1) is 11.8. The number of rotatable bonds is 7. The Morgan fingerprint density at radius 2 is 1.50 bits per heavy atom. The Morgan fingerprint density at radius 1 is 0.917 bits per heavy atom. The van der Waals surface area contributed by atoms with Crippen LogP contribution >= 0.6 is 0 Å². The van der Waals surface area contributed by atoms with Gasteiger partial charge in [-0.3, -0.25) is 4.90 Å². The summed E-state index contributed by atoms with van der Waals surface area (Å²) >= 11 is 0. The van der Waals surface area contributed by atoms with Crippen LogP contribution < -0.4 is 9.47 Å². The zero-order valence-electron chi connectivity index (χ0n) is 14.4. The molecular formula is C21H27NO2. The van der Waals surface area contributed by atoms with Crippen LogP contribution in [0.5, 0.6) is 11.5 Å². The van der Waals surface area contributed by atoms with Crippen molar-refractivity contribution in [1.82, 2.24) is 4.90 Å². The lowest BCUT2D eigenvalue weighted by Gasteiger charge is -2.35. The van der Waals surface area contributed by atoms with Crippen molar-refractivity contribution in [2.24, 2.45) is 5.92 Å². The molecule has 0 aliphatic carbocycles. The van der Waals surface area contributed by atoms with Crippen LogP contribution in [0.3, 0.4) is 0 Å². The summed E-state index contributed by atoms with van der Waals surface area (Å²) in [5.41, 5.74) is 0. The Bertz CT molecular complexity index is 579. The lowest BCUT2D eigenvalue weighted by Crippen LogP contribution is -2.43. The maximum atomic E-state index is 6.03. The molecule has 0 saturated carbocycles. The SMILES string of the molecule is CC(Oc1ccccc1)N1CCC(CCOc2ccccc2)CC1. The molecule has 24 heavy (non-hydrogen) atoms. The highest BCUT2D eigenvalue weighted by Crippen LogP contribution is 2.23. The molecule has 2 aromatic rings. The van der Waals surface area contributed by atoms with Gasteiger partial charge >= 0.3 is 0 Å². The molecule has 1 aliphatic rings. The lowest BCUT2D eigenvalue weighted by molar-refractivity contribution is 0.0127. The second kappa shape index (κ2) is 8.74. The molecule has 2 aromatic carbocycles. The summed E-state index contributed by atoms with van der Waals surface area (Å²) in [7, 11) is 0. The number of piperidine rings is 1. The van der Waals surface area contributed by atoms with Crippen molar-refractivity contribution in [2.75, 3.05) is 19.7 Å². The fraction of sp³-hybridized carbons (Fsp3) is 0.429. The third-order valence-electron chi connectivity index (χ3n) is 4.75. The van der Waals surface area contributed by atoms with Gasteiger partial charge in [0.15, 0.2) is 0 Å². The van der Waals surface area contributed by atoms with Gasteiger partial charge in [0.2, 0.25) is 0 Å². The van der Waals surface area contributed by atoms with Crippen LogP contribution in [0.1, 0.15) is 26.2 Å². The van der Waals surface area contributed by atoms with Gasteiger partial charge in [-0.1, -0.05) is 36.4 Å². The number of hydrogen-bond acceptors (Lipinski definition) is 3. The van der Waals surface area contributed by atoms with Crippen molar-refractivity contribution in [3.05, 3.63) is 60.7 Å². The molecular weight excluding hydrogens is 298 g/mol. The number of nitrogens with zero attached hydrogens (tertiary/aromatic N) is 1. The summed E-state index contributed by atoms with van der Waals surface area (Å²) in [4.78, 5) is 2.43. The molecule has 1 heterocycles.